The van der Waals surface area contributed by atoms with Gasteiger partial charge in [-0.3, -0.25) is 0 Å². The summed E-state index contributed by atoms with van der Waals surface area (Å²) in [7, 11) is -3.99. The fourth-order valence-electron chi connectivity index (χ4n) is 1.69. The number of sulfonamides is 1. The molecule has 0 amide bonds. The topological polar surface area (TPSA) is 81.4 Å². The molecule has 1 fully saturated rings. The molecule has 1 aliphatic rings. The summed E-state index contributed by atoms with van der Waals surface area (Å²) in [4.78, 5) is -0.542. The zero-order valence-corrected chi connectivity index (χ0v) is 10.9. The van der Waals surface area contributed by atoms with Crippen LogP contribution in [0.4, 0.5) is 10.1 Å². The standard InChI is InChI=1S/C10H12ClFN2O3S/c11-6-3-8(13)10(12)9(4-6)18(15,16)14-7-1-2-17-5-7/h3-4,7,14H,1-2,5,13H2. The Bertz CT molecular complexity index is 558. The van der Waals surface area contributed by atoms with Gasteiger partial charge in [0.25, 0.3) is 0 Å². The highest BCUT2D eigenvalue weighted by molar-refractivity contribution is 7.89. The number of ether oxygens (including phenoxy) is 1. The molecule has 5 nitrogen and oxygen atoms in total. The molecule has 1 atom stereocenters. The second-order valence-corrected chi connectivity index (χ2v) is 6.11. The van der Waals surface area contributed by atoms with E-state index in [-0.39, 0.29) is 23.4 Å². The molecule has 1 heterocycles. The zero-order valence-electron chi connectivity index (χ0n) is 9.32. The van der Waals surface area contributed by atoms with Crippen molar-refractivity contribution in [2.75, 3.05) is 18.9 Å². The van der Waals surface area contributed by atoms with Gasteiger partial charge in [0.2, 0.25) is 10.0 Å². The predicted molar refractivity (Wildman–Crippen MR) is 65.4 cm³/mol. The molecule has 1 unspecified atom stereocenters. The Labute approximate surface area is 109 Å². The Morgan fingerprint density at radius 3 is 2.83 bits per heavy atom. The average molecular weight is 295 g/mol. The Morgan fingerprint density at radius 2 is 2.22 bits per heavy atom. The van der Waals surface area contributed by atoms with Crippen molar-refractivity contribution >= 4 is 27.3 Å². The molecule has 0 spiro atoms. The van der Waals surface area contributed by atoms with E-state index in [0.717, 1.165) is 12.1 Å². The van der Waals surface area contributed by atoms with Crippen LogP contribution in [-0.2, 0) is 14.8 Å². The highest BCUT2D eigenvalue weighted by atomic mass is 35.5. The monoisotopic (exact) mass is 294 g/mol. The molecule has 0 bridgehead atoms. The van der Waals surface area contributed by atoms with Crippen LogP contribution in [0.25, 0.3) is 0 Å². The van der Waals surface area contributed by atoms with Crippen molar-refractivity contribution in [3.63, 3.8) is 0 Å². The zero-order chi connectivity index (χ0) is 13.3. The molecule has 0 aliphatic carbocycles. The maximum atomic E-state index is 13.7. The van der Waals surface area contributed by atoms with Crippen molar-refractivity contribution in [2.24, 2.45) is 0 Å². The van der Waals surface area contributed by atoms with E-state index in [1.54, 1.807) is 0 Å². The van der Waals surface area contributed by atoms with E-state index in [2.05, 4.69) is 4.72 Å². The molecule has 0 saturated carbocycles. The van der Waals surface area contributed by atoms with Gasteiger partial charge < -0.3 is 10.5 Å². The van der Waals surface area contributed by atoms with Crippen LogP contribution in [0, 0.1) is 5.82 Å². The summed E-state index contributed by atoms with van der Waals surface area (Å²) in [6.45, 7) is 0.754. The van der Waals surface area contributed by atoms with Gasteiger partial charge in [-0.1, -0.05) is 11.6 Å². The van der Waals surface area contributed by atoms with Crippen LogP contribution >= 0.6 is 11.6 Å². The van der Waals surface area contributed by atoms with Gasteiger partial charge in [-0.15, -0.1) is 0 Å². The predicted octanol–water partition coefficient (Wildman–Crippen LogP) is 1.13. The second kappa shape index (κ2) is 5.00. The molecule has 2 rings (SSSR count). The smallest absolute Gasteiger partial charge is 0.243 e. The van der Waals surface area contributed by atoms with Gasteiger partial charge in [0.05, 0.1) is 12.3 Å². The quantitative estimate of drug-likeness (QED) is 0.819. The normalized spacial score (nSPS) is 20.2. The average Bonchev–Trinajstić information content (AvgIpc) is 2.75. The lowest BCUT2D eigenvalue weighted by molar-refractivity contribution is 0.192. The van der Waals surface area contributed by atoms with Gasteiger partial charge in [0, 0.05) is 17.7 Å². The third-order valence-electron chi connectivity index (χ3n) is 2.57. The fourth-order valence-corrected chi connectivity index (χ4v) is 3.37. The number of hydrogen-bond donors (Lipinski definition) is 2. The molecule has 1 aromatic carbocycles. The molecular formula is C10H12ClFN2O3S. The van der Waals surface area contributed by atoms with Crippen molar-refractivity contribution in [3.05, 3.63) is 23.0 Å². The largest absolute Gasteiger partial charge is 0.396 e. The number of hydrogen-bond acceptors (Lipinski definition) is 4. The number of anilines is 1. The van der Waals surface area contributed by atoms with Gasteiger partial charge >= 0.3 is 0 Å². The van der Waals surface area contributed by atoms with Crippen molar-refractivity contribution in [1.82, 2.24) is 4.72 Å². The SMILES string of the molecule is Nc1cc(Cl)cc(S(=O)(=O)NC2CCOC2)c1F. The van der Waals surface area contributed by atoms with Crippen LogP contribution in [0.3, 0.4) is 0 Å². The van der Waals surface area contributed by atoms with Crippen LogP contribution in [0.1, 0.15) is 6.42 Å². The van der Waals surface area contributed by atoms with Crippen LogP contribution in [-0.4, -0.2) is 27.7 Å². The summed E-state index contributed by atoms with van der Waals surface area (Å²) in [5.41, 5.74) is 5.05. The first-order valence-corrected chi connectivity index (χ1v) is 7.11. The fraction of sp³-hybridized carbons (Fsp3) is 0.400. The van der Waals surface area contributed by atoms with Gasteiger partial charge in [-0.25, -0.2) is 17.5 Å². The molecule has 100 valence electrons. The molecule has 1 saturated heterocycles. The van der Waals surface area contributed by atoms with Crippen LogP contribution in [0.15, 0.2) is 17.0 Å². The van der Waals surface area contributed by atoms with E-state index >= 15 is 0 Å². The Balaban J connectivity index is 2.34. The van der Waals surface area contributed by atoms with Crippen molar-refractivity contribution in [1.29, 1.82) is 0 Å². The first-order chi connectivity index (χ1) is 8.40. The van der Waals surface area contributed by atoms with E-state index in [1.807, 2.05) is 0 Å². The van der Waals surface area contributed by atoms with Crippen LogP contribution < -0.4 is 10.5 Å². The molecule has 8 heteroatoms. The van der Waals surface area contributed by atoms with Gasteiger partial charge in [-0.2, -0.15) is 0 Å². The minimum atomic E-state index is -3.99. The minimum Gasteiger partial charge on any atom is -0.396 e. The molecule has 1 aliphatic heterocycles. The highest BCUT2D eigenvalue weighted by Crippen LogP contribution is 2.25. The first kappa shape index (κ1) is 13.5. The van der Waals surface area contributed by atoms with E-state index in [9.17, 15) is 12.8 Å². The lowest BCUT2D eigenvalue weighted by atomic mass is 10.3. The van der Waals surface area contributed by atoms with Crippen molar-refractivity contribution < 1.29 is 17.5 Å². The van der Waals surface area contributed by atoms with E-state index in [4.69, 9.17) is 22.1 Å². The third-order valence-corrected chi connectivity index (χ3v) is 4.31. The Kier molecular flexibility index (Phi) is 3.76. The number of halogens is 2. The first-order valence-electron chi connectivity index (χ1n) is 5.25. The summed E-state index contributed by atoms with van der Waals surface area (Å²) in [5.74, 6) is -0.995. The number of benzene rings is 1. The number of nitrogens with two attached hydrogens (primary N) is 1. The minimum absolute atomic E-state index is 0.0666. The van der Waals surface area contributed by atoms with E-state index in [1.165, 1.54) is 0 Å². The molecular weight excluding hydrogens is 283 g/mol. The van der Waals surface area contributed by atoms with E-state index in [0.29, 0.717) is 13.0 Å². The molecule has 18 heavy (non-hydrogen) atoms. The lowest BCUT2D eigenvalue weighted by Gasteiger charge is -2.13. The number of nitrogens with one attached hydrogen (secondary N) is 1. The van der Waals surface area contributed by atoms with Gasteiger partial charge in [0.15, 0.2) is 5.82 Å². The summed E-state index contributed by atoms with van der Waals surface area (Å²) < 4.78 is 45.1. The summed E-state index contributed by atoms with van der Waals surface area (Å²) in [6, 6.07) is 1.84. The maximum absolute atomic E-state index is 13.7. The Hall–Kier alpha value is -0.890. The van der Waals surface area contributed by atoms with E-state index < -0.39 is 20.7 Å². The summed E-state index contributed by atoms with van der Waals surface area (Å²) in [5, 5.41) is 0.0666. The van der Waals surface area contributed by atoms with Gasteiger partial charge in [-0.05, 0) is 18.6 Å². The Morgan fingerprint density at radius 1 is 1.50 bits per heavy atom. The van der Waals surface area contributed by atoms with Crippen LogP contribution in [0.2, 0.25) is 5.02 Å². The molecule has 1 aromatic rings. The second-order valence-electron chi connectivity index (χ2n) is 3.99. The van der Waals surface area contributed by atoms with Crippen molar-refractivity contribution in [3.8, 4) is 0 Å². The van der Waals surface area contributed by atoms with Gasteiger partial charge in [0.1, 0.15) is 4.90 Å². The maximum Gasteiger partial charge on any atom is 0.243 e. The number of nitrogen functional groups attached to an aromatic ring is 1. The number of rotatable bonds is 3. The lowest BCUT2D eigenvalue weighted by Crippen LogP contribution is -2.35. The highest BCUT2D eigenvalue weighted by Gasteiger charge is 2.27. The third kappa shape index (κ3) is 2.74. The molecule has 3 N–H and O–H groups in total. The van der Waals surface area contributed by atoms with Crippen molar-refractivity contribution in [2.45, 2.75) is 17.4 Å². The molecule has 0 aromatic heterocycles. The summed E-state index contributed by atoms with van der Waals surface area (Å²) in [6.07, 6.45) is 0.552. The summed E-state index contributed by atoms with van der Waals surface area (Å²) >= 11 is 5.68. The molecule has 0 radical (unpaired) electrons. The van der Waals surface area contributed by atoms with Crippen LogP contribution in [0.5, 0.6) is 0 Å².